The lowest BCUT2D eigenvalue weighted by Crippen LogP contribution is -2.43. The lowest BCUT2D eigenvalue weighted by Gasteiger charge is -2.37. The van der Waals surface area contributed by atoms with Crippen LogP contribution in [0.1, 0.15) is 25.7 Å². The zero-order valence-corrected chi connectivity index (χ0v) is 10.5. The van der Waals surface area contributed by atoms with Crippen molar-refractivity contribution >= 4 is 18.2 Å². The number of alkyl halides is 1. The largest absolute Gasteiger partial charge is 0.469 e. The highest BCUT2D eigenvalue weighted by atomic mass is 19.1. The van der Waals surface area contributed by atoms with E-state index in [1.807, 2.05) is 0 Å². The molecule has 0 aromatic heterocycles. The van der Waals surface area contributed by atoms with E-state index in [1.165, 1.54) is 14.2 Å². The van der Waals surface area contributed by atoms with Gasteiger partial charge in [0.15, 0.2) is 0 Å². The summed E-state index contributed by atoms with van der Waals surface area (Å²) < 4.78 is 22.9. The average molecular weight is 260 g/mol. The average Bonchev–Trinajstić information content (AvgIpc) is 2.36. The standard InChI is InChI=1S/C12H17FO5/c1-17-10(15)8-5-9(13)7-12(6-8,3-4-14)11(16)18-2/h4,8-9H,3,5-7H2,1-2H3/t8-,9?,12+/m1/s1. The van der Waals surface area contributed by atoms with Crippen molar-refractivity contribution in [1.29, 1.82) is 0 Å². The molecule has 0 spiro atoms. The second kappa shape index (κ2) is 5.93. The van der Waals surface area contributed by atoms with Crippen LogP contribution in [0.2, 0.25) is 0 Å². The van der Waals surface area contributed by atoms with Gasteiger partial charge in [0.25, 0.3) is 0 Å². The SMILES string of the molecule is COC(=O)[C@@H]1CC(F)C[C@@](CC=O)(C(=O)OC)C1. The molecule has 3 atom stereocenters. The van der Waals surface area contributed by atoms with Crippen LogP contribution in [0.3, 0.4) is 0 Å². The lowest BCUT2D eigenvalue weighted by molar-refractivity contribution is -0.163. The van der Waals surface area contributed by atoms with E-state index in [-0.39, 0.29) is 25.7 Å². The summed E-state index contributed by atoms with van der Waals surface area (Å²) in [5, 5.41) is 0. The Balaban J connectivity index is 2.98. The Bertz CT molecular complexity index is 343. The fourth-order valence-electron chi connectivity index (χ4n) is 2.59. The first-order valence-corrected chi connectivity index (χ1v) is 5.73. The first kappa shape index (κ1) is 14.6. The summed E-state index contributed by atoms with van der Waals surface area (Å²) in [6.45, 7) is 0. The van der Waals surface area contributed by atoms with E-state index in [4.69, 9.17) is 0 Å². The Morgan fingerprint density at radius 1 is 1.33 bits per heavy atom. The maximum absolute atomic E-state index is 13.7. The number of hydrogen-bond acceptors (Lipinski definition) is 5. The maximum Gasteiger partial charge on any atom is 0.312 e. The minimum atomic E-state index is -1.32. The van der Waals surface area contributed by atoms with Crippen LogP contribution in [0.5, 0.6) is 0 Å². The van der Waals surface area contributed by atoms with E-state index >= 15 is 0 Å². The molecule has 1 unspecified atom stereocenters. The molecule has 5 nitrogen and oxygen atoms in total. The Morgan fingerprint density at radius 2 is 2.00 bits per heavy atom. The molecule has 0 amide bonds. The predicted octanol–water partition coefficient (Wildman–Crippen LogP) is 1.05. The van der Waals surface area contributed by atoms with Crippen LogP contribution in [0.4, 0.5) is 4.39 Å². The van der Waals surface area contributed by atoms with Gasteiger partial charge >= 0.3 is 11.9 Å². The molecule has 1 aliphatic carbocycles. The number of esters is 2. The number of rotatable bonds is 4. The highest BCUT2D eigenvalue weighted by Crippen LogP contribution is 2.44. The number of ether oxygens (including phenoxy) is 2. The van der Waals surface area contributed by atoms with Crippen molar-refractivity contribution in [2.75, 3.05) is 14.2 Å². The molecular weight excluding hydrogens is 243 g/mol. The van der Waals surface area contributed by atoms with Gasteiger partial charge in [0.05, 0.1) is 25.6 Å². The molecule has 1 aliphatic rings. The van der Waals surface area contributed by atoms with E-state index in [2.05, 4.69) is 9.47 Å². The van der Waals surface area contributed by atoms with E-state index in [1.54, 1.807) is 0 Å². The Morgan fingerprint density at radius 3 is 2.50 bits per heavy atom. The van der Waals surface area contributed by atoms with Gasteiger partial charge in [-0.1, -0.05) is 0 Å². The highest BCUT2D eigenvalue weighted by Gasteiger charge is 2.49. The Kier molecular flexibility index (Phi) is 4.81. The summed E-state index contributed by atoms with van der Waals surface area (Å²) in [6, 6.07) is 0. The van der Waals surface area contributed by atoms with Gasteiger partial charge in [0.1, 0.15) is 12.5 Å². The molecule has 1 saturated carbocycles. The van der Waals surface area contributed by atoms with Gasteiger partial charge in [-0.25, -0.2) is 4.39 Å². The van der Waals surface area contributed by atoms with Gasteiger partial charge in [-0.2, -0.15) is 0 Å². The third-order valence-electron chi connectivity index (χ3n) is 3.42. The molecule has 0 aromatic rings. The predicted molar refractivity (Wildman–Crippen MR) is 59.4 cm³/mol. The number of carbonyl (C=O) groups is 3. The number of hydrogen-bond donors (Lipinski definition) is 0. The van der Waals surface area contributed by atoms with Crippen LogP contribution in [-0.4, -0.2) is 38.6 Å². The lowest BCUT2D eigenvalue weighted by atomic mass is 9.67. The van der Waals surface area contributed by atoms with Crippen LogP contribution in [0, 0.1) is 11.3 Å². The summed E-state index contributed by atoms with van der Waals surface area (Å²) >= 11 is 0. The van der Waals surface area contributed by atoms with Gasteiger partial charge in [-0.05, 0) is 19.3 Å². The molecule has 1 fully saturated rings. The van der Waals surface area contributed by atoms with E-state index in [0.29, 0.717) is 6.29 Å². The molecule has 0 bridgehead atoms. The highest BCUT2D eigenvalue weighted by molar-refractivity contribution is 5.82. The van der Waals surface area contributed by atoms with Gasteiger partial charge in [0, 0.05) is 6.42 Å². The van der Waals surface area contributed by atoms with Crippen LogP contribution < -0.4 is 0 Å². The van der Waals surface area contributed by atoms with Gasteiger partial charge in [-0.3, -0.25) is 9.59 Å². The monoisotopic (exact) mass is 260 g/mol. The smallest absolute Gasteiger partial charge is 0.312 e. The summed E-state index contributed by atoms with van der Waals surface area (Å²) in [5.74, 6) is -1.92. The molecule has 0 N–H and O–H groups in total. The van der Waals surface area contributed by atoms with Crippen molar-refractivity contribution in [1.82, 2.24) is 0 Å². The second-order valence-corrected chi connectivity index (χ2v) is 4.60. The van der Waals surface area contributed by atoms with Crippen LogP contribution in [-0.2, 0) is 23.9 Å². The summed E-state index contributed by atoms with van der Waals surface area (Å²) in [5.41, 5.74) is -1.24. The van der Waals surface area contributed by atoms with Crippen LogP contribution in [0.15, 0.2) is 0 Å². The van der Waals surface area contributed by atoms with Crippen molar-refractivity contribution in [3.05, 3.63) is 0 Å². The molecule has 0 radical (unpaired) electrons. The fourth-order valence-corrected chi connectivity index (χ4v) is 2.59. The quantitative estimate of drug-likeness (QED) is 0.558. The third-order valence-corrected chi connectivity index (χ3v) is 3.42. The Labute approximate surface area is 105 Å². The number of aldehydes is 1. The zero-order valence-electron chi connectivity index (χ0n) is 10.5. The topological polar surface area (TPSA) is 69.7 Å². The van der Waals surface area contributed by atoms with E-state index in [9.17, 15) is 18.8 Å². The summed E-state index contributed by atoms with van der Waals surface area (Å²) in [6.07, 6.45) is -0.889. The maximum atomic E-state index is 13.7. The van der Waals surface area contributed by atoms with Crippen molar-refractivity contribution in [3.8, 4) is 0 Å². The molecular formula is C12H17FO5. The molecule has 1 rings (SSSR count). The van der Waals surface area contributed by atoms with Crippen molar-refractivity contribution < 1.29 is 28.2 Å². The van der Waals surface area contributed by atoms with Crippen molar-refractivity contribution in [2.45, 2.75) is 31.9 Å². The molecule has 0 aliphatic heterocycles. The van der Waals surface area contributed by atoms with E-state index < -0.39 is 29.4 Å². The first-order valence-electron chi connectivity index (χ1n) is 5.73. The van der Waals surface area contributed by atoms with Gasteiger partial charge in [0.2, 0.25) is 0 Å². The summed E-state index contributed by atoms with van der Waals surface area (Å²) in [7, 11) is 2.40. The fraction of sp³-hybridized carbons (Fsp3) is 0.750. The zero-order chi connectivity index (χ0) is 13.8. The minimum Gasteiger partial charge on any atom is -0.469 e. The molecule has 0 aromatic carbocycles. The van der Waals surface area contributed by atoms with Gasteiger partial charge < -0.3 is 14.3 Å². The first-order chi connectivity index (χ1) is 8.49. The Hall–Kier alpha value is -1.46. The van der Waals surface area contributed by atoms with Crippen molar-refractivity contribution in [3.63, 3.8) is 0 Å². The number of carbonyl (C=O) groups excluding carboxylic acids is 3. The van der Waals surface area contributed by atoms with Crippen molar-refractivity contribution in [2.24, 2.45) is 11.3 Å². The van der Waals surface area contributed by atoms with Crippen LogP contribution in [0.25, 0.3) is 0 Å². The molecule has 18 heavy (non-hydrogen) atoms. The van der Waals surface area contributed by atoms with E-state index in [0.717, 1.165) is 0 Å². The molecule has 102 valence electrons. The minimum absolute atomic E-state index is 0.0181. The normalized spacial score (nSPS) is 31.5. The van der Waals surface area contributed by atoms with Gasteiger partial charge in [-0.15, -0.1) is 0 Å². The second-order valence-electron chi connectivity index (χ2n) is 4.60. The molecule has 0 heterocycles. The molecule has 6 heteroatoms. The number of methoxy groups -OCH3 is 2. The van der Waals surface area contributed by atoms with Crippen LogP contribution >= 0.6 is 0 Å². The number of halogens is 1. The molecule has 0 saturated heterocycles. The third kappa shape index (κ3) is 2.86. The summed E-state index contributed by atoms with van der Waals surface area (Å²) in [4.78, 5) is 34.0.